The summed E-state index contributed by atoms with van der Waals surface area (Å²) in [4.78, 5) is 0. The van der Waals surface area contributed by atoms with Crippen molar-refractivity contribution in [3.05, 3.63) is 0 Å². The second kappa shape index (κ2) is 5.41. The maximum absolute atomic E-state index is 3.64. The molecule has 0 radical (unpaired) electrons. The number of rotatable bonds is 8. The first kappa shape index (κ1) is 10.8. The lowest BCUT2D eigenvalue weighted by atomic mass is 9.98. The Bertz CT molecular complexity index is 152. The largest absolute Gasteiger partial charge is 0.316 e. The topological polar surface area (TPSA) is 12.0 Å². The molecule has 2 rings (SSSR count). The van der Waals surface area contributed by atoms with Crippen molar-refractivity contribution in [3.63, 3.8) is 0 Å². The molecule has 0 aromatic heterocycles. The van der Waals surface area contributed by atoms with E-state index in [1.54, 1.807) is 0 Å². The molecule has 1 nitrogen and oxygen atoms in total. The highest BCUT2D eigenvalue weighted by Gasteiger charge is 2.40. The summed E-state index contributed by atoms with van der Waals surface area (Å²) in [6.45, 7) is 4.76. The zero-order valence-electron chi connectivity index (χ0n) is 9.30. The molecule has 0 saturated heterocycles. The van der Waals surface area contributed by atoms with E-state index in [4.69, 9.17) is 0 Å². The van der Waals surface area contributed by atoms with Gasteiger partial charge in [-0.15, -0.1) is 0 Å². The van der Waals surface area contributed by atoms with Crippen LogP contribution in [-0.4, -0.2) is 24.6 Å². The van der Waals surface area contributed by atoms with Crippen LogP contribution >= 0.6 is 11.8 Å². The number of hydrogen-bond donors (Lipinski definition) is 1. The summed E-state index contributed by atoms with van der Waals surface area (Å²) >= 11 is 2.05. The van der Waals surface area contributed by atoms with Gasteiger partial charge in [-0.1, -0.05) is 6.92 Å². The fourth-order valence-electron chi connectivity index (χ4n) is 2.32. The molecule has 82 valence electrons. The molecule has 0 unspecified atom stereocenters. The second-order valence-electron chi connectivity index (χ2n) is 4.74. The Balaban J connectivity index is 1.53. The molecule has 0 aromatic rings. The summed E-state index contributed by atoms with van der Waals surface area (Å²) in [6, 6.07) is 0. The molecule has 2 saturated carbocycles. The summed E-state index contributed by atoms with van der Waals surface area (Å²) in [5, 5.41) is 3.64. The first-order valence-electron chi connectivity index (χ1n) is 6.20. The SMILES string of the molecule is CCSCCNCC(C1CC1)C1CC1. The molecule has 0 heterocycles. The predicted octanol–water partition coefficient (Wildman–Crippen LogP) is 2.77. The smallest absolute Gasteiger partial charge is 0.00580 e. The van der Waals surface area contributed by atoms with Crippen molar-refractivity contribution in [1.82, 2.24) is 5.32 Å². The Morgan fingerprint density at radius 1 is 1.21 bits per heavy atom. The highest BCUT2D eigenvalue weighted by molar-refractivity contribution is 7.99. The molecular formula is C12H23NS. The van der Waals surface area contributed by atoms with E-state index in [1.165, 1.54) is 50.3 Å². The van der Waals surface area contributed by atoms with Gasteiger partial charge in [-0.2, -0.15) is 11.8 Å². The maximum atomic E-state index is 3.64. The van der Waals surface area contributed by atoms with Gasteiger partial charge in [-0.25, -0.2) is 0 Å². The van der Waals surface area contributed by atoms with Gasteiger partial charge >= 0.3 is 0 Å². The van der Waals surface area contributed by atoms with Gasteiger partial charge in [0.05, 0.1) is 0 Å². The average molecular weight is 213 g/mol. The van der Waals surface area contributed by atoms with E-state index in [9.17, 15) is 0 Å². The Morgan fingerprint density at radius 3 is 2.36 bits per heavy atom. The first-order chi connectivity index (χ1) is 6.92. The van der Waals surface area contributed by atoms with Crippen LogP contribution in [0.1, 0.15) is 32.6 Å². The van der Waals surface area contributed by atoms with Crippen LogP contribution in [0.4, 0.5) is 0 Å². The summed E-state index contributed by atoms with van der Waals surface area (Å²) in [5.41, 5.74) is 0. The zero-order valence-corrected chi connectivity index (χ0v) is 10.1. The predicted molar refractivity (Wildman–Crippen MR) is 64.8 cm³/mol. The van der Waals surface area contributed by atoms with Crippen LogP contribution in [-0.2, 0) is 0 Å². The highest BCUT2D eigenvalue weighted by Crippen LogP contribution is 2.48. The Morgan fingerprint density at radius 2 is 1.86 bits per heavy atom. The van der Waals surface area contributed by atoms with Crippen LogP contribution in [0.15, 0.2) is 0 Å². The van der Waals surface area contributed by atoms with Crippen molar-refractivity contribution < 1.29 is 0 Å². The molecule has 2 fully saturated rings. The van der Waals surface area contributed by atoms with Gasteiger partial charge in [0, 0.05) is 12.3 Å². The van der Waals surface area contributed by atoms with Crippen LogP contribution in [0.3, 0.4) is 0 Å². The quantitative estimate of drug-likeness (QED) is 0.622. The standard InChI is InChI=1S/C12H23NS/c1-2-14-8-7-13-9-12(10-3-4-10)11-5-6-11/h10-13H,2-9H2,1H3. The van der Waals surface area contributed by atoms with Crippen molar-refractivity contribution >= 4 is 11.8 Å². The van der Waals surface area contributed by atoms with Crippen molar-refractivity contribution in [3.8, 4) is 0 Å². The van der Waals surface area contributed by atoms with Crippen molar-refractivity contribution in [2.75, 3.05) is 24.6 Å². The van der Waals surface area contributed by atoms with Crippen LogP contribution < -0.4 is 5.32 Å². The molecule has 0 atom stereocenters. The van der Waals surface area contributed by atoms with Crippen molar-refractivity contribution in [2.24, 2.45) is 17.8 Å². The zero-order chi connectivity index (χ0) is 9.80. The molecule has 0 amide bonds. The van der Waals surface area contributed by atoms with E-state index in [2.05, 4.69) is 12.2 Å². The molecule has 2 heteroatoms. The number of thioether (sulfide) groups is 1. The Labute approximate surface area is 92.4 Å². The molecule has 0 spiro atoms. The molecule has 0 aliphatic heterocycles. The van der Waals surface area contributed by atoms with E-state index in [1.807, 2.05) is 11.8 Å². The van der Waals surface area contributed by atoms with Crippen molar-refractivity contribution in [1.29, 1.82) is 0 Å². The minimum absolute atomic E-state index is 1.04. The third-order valence-electron chi connectivity index (χ3n) is 3.46. The third kappa shape index (κ3) is 3.47. The van der Waals surface area contributed by atoms with Gasteiger partial charge in [0.2, 0.25) is 0 Å². The maximum Gasteiger partial charge on any atom is 0.00580 e. The number of nitrogens with one attached hydrogen (secondary N) is 1. The summed E-state index contributed by atoms with van der Waals surface area (Å²) < 4.78 is 0. The van der Waals surface area contributed by atoms with Crippen LogP contribution in [0.2, 0.25) is 0 Å². The normalized spacial score (nSPS) is 21.9. The monoisotopic (exact) mass is 213 g/mol. The van der Waals surface area contributed by atoms with Crippen molar-refractivity contribution in [2.45, 2.75) is 32.6 Å². The molecular weight excluding hydrogens is 190 g/mol. The van der Waals surface area contributed by atoms with Crippen LogP contribution in [0, 0.1) is 17.8 Å². The van der Waals surface area contributed by atoms with Gasteiger partial charge in [0.15, 0.2) is 0 Å². The average Bonchev–Trinajstić information content (AvgIpc) is 3.03. The van der Waals surface area contributed by atoms with Gasteiger partial charge in [0.1, 0.15) is 0 Å². The molecule has 14 heavy (non-hydrogen) atoms. The summed E-state index contributed by atoms with van der Waals surface area (Å²) in [5.74, 6) is 5.80. The first-order valence-corrected chi connectivity index (χ1v) is 7.35. The molecule has 2 aliphatic carbocycles. The van der Waals surface area contributed by atoms with E-state index >= 15 is 0 Å². The van der Waals surface area contributed by atoms with E-state index in [0.717, 1.165) is 17.8 Å². The molecule has 0 aromatic carbocycles. The second-order valence-corrected chi connectivity index (χ2v) is 6.13. The van der Waals surface area contributed by atoms with E-state index in [-0.39, 0.29) is 0 Å². The van der Waals surface area contributed by atoms with Crippen LogP contribution in [0.5, 0.6) is 0 Å². The fourth-order valence-corrected chi connectivity index (χ4v) is 2.90. The lowest BCUT2D eigenvalue weighted by molar-refractivity contribution is 0.384. The Kier molecular flexibility index (Phi) is 4.18. The van der Waals surface area contributed by atoms with Gasteiger partial charge in [0.25, 0.3) is 0 Å². The van der Waals surface area contributed by atoms with Gasteiger partial charge in [-0.3, -0.25) is 0 Å². The minimum atomic E-state index is 1.04. The van der Waals surface area contributed by atoms with Gasteiger partial charge < -0.3 is 5.32 Å². The van der Waals surface area contributed by atoms with Gasteiger partial charge in [-0.05, 0) is 55.7 Å². The lowest BCUT2D eigenvalue weighted by Gasteiger charge is -2.15. The molecule has 1 N–H and O–H groups in total. The van der Waals surface area contributed by atoms with E-state index in [0.29, 0.717) is 0 Å². The lowest BCUT2D eigenvalue weighted by Crippen LogP contribution is -2.27. The Hall–Kier alpha value is 0.310. The van der Waals surface area contributed by atoms with Crippen LogP contribution in [0.25, 0.3) is 0 Å². The highest BCUT2D eigenvalue weighted by atomic mass is 32.2. The molecule has 2 aliphatic rings. The number of hydrogen-bond acceptors (Lipinski definition) is 2. The summed E-state index contributed by atoms with van der Waals surface area (Å²) in [6.07, 6.45) is 6.08. The van der Waals surface area contributed by atoms with E-state index < -0.39 is 0 Å². The molecule has 0 bridgehead atoms. The minimum Gasteiger partial charge on any atom is -0.316 e. The third-order valence-corrected chi connectivity index (χ3v) is 4.36. The fraction of sp³-hybridized carbons (Fsp3) is 1.00. The summed E-state index contributed by atoms with van der Waals surface area (Å²) in [7, 11) is 0.